The lowest BCUT2D eigenvalue weighted by Gasteiger charge is -2.16. The third-order valence-corrected chi connectivity index (χ3v) is 9.54. The average Bonchev–Trinajstić information content (AvgIpc) is 3.85. The summed E-state index contributed by atoms with van der Waals surface area (Å²) in [5.74, 6) is -0.210. The van der Waals surface area contributed by atoms with Crippen molar-refractivity contribution in [3.05, 3.63) is 167 Å². The lowest BCUT2D eigenvalue weighted by molar-refractivity contribution is -0.110. The van der Waals surface area contributed by atoms with Crippen LogP contribution in [0.3, 0.4) is 0 Å². The summed E-state index contributed by atoms with van der Waals surface area (Å²) in [5.41, 5.74) is 8.41. The Kier molecular flexibility index (Phi) is 7.31. The molecule has 7 nitrogen and oxygen atoms in total. The number of hydrogen-bond acceptors (Lipinski definition) is 3. The van der Waals surface area contributed by atoms with Crippen LogP contribution in [0.25, 0.3) is 28.1 Å². The number of H-pyrrole nitrogens is 4. The maximum absolute atomic E-state index is 12.3. The van der Waals surface area contributed by atoms with Crippen LogP contribution in [-0.4, -0.2) is 35.9 Å². The van der Waals surface area contributed by atoms with Gasteiger partial charge in [0, 0.05) is 73.5 Å². The van der Waals surface area contributed by atoms with Crippen LogP contribution in [-0.2, 0) is 4.79 Å². The molecule has 0 spiro atoms. The van der Waals surface area contributed by atoms with E-state index in [1.165, 1.54) is 24.3 Å². The number of allylic oxidation sites excluding steroid dienone is 5. The van der Waals surface area contributed by atoms with Crippen molar-refractivity contribution in [2.45, 2.75) is 0 Å². The molecule has 0 fully saturated rings. The van der Waals surface area contributed by atoms with E-state index in [1.807, 2.05) is 60.7 Å². The molecule has 48 heavy (non-hydrogen) atoms. The second kappa shape index (κ2) is 11.6. The molecule has 0 radical (unpaired) electrons. The second-order valence-electron chi connectivity index (χ2n) is 11.4. The highest BCUT2D eigenvalue weighted by atomic mass is 35.5. The molecule has 2 aliphatic rings. The Morgan fingerprint density at radius 3 is 1.48 bits per heavy atom. The third-order valence-electron chi connectivity index (χ3n) is 8.35. The number of rotatable bonds is 2. The highest BCUT2D eigenvalue weighted by Crippen LogP contribution is 2.41. The molecule has 236 valence electrons. The molecule has 4 aromatic heterocycles. The van der Waals surface area contributed by atoms with E-state index >= 15 is 0 Å². The topological polar surface area (TPSA) is 121 Å². The molecule has 6 N–H and O–H groups in total. The number of nitrogens with one attached hydrogen (secondary N) is 4. The van der Waals surface area contributed by atoms with E-state index in [1.54, 1.807) is 12.1 Å². The van der Waals surface area contributed by atoms with Gasteiger partial charge in [-0.25, -0.2) is 0 Å². The molecule has 0 unspecified atom stereocenters. The fraction of sp³-hybridized carbons (Fsp3) is 0. The first-order valence-corrected chi connectivity index (χ1v) is 16.2. The summed E-state index contributed by atoms with van der Waals surface area (Å²) < 4.78 is 0. The van der Waals surface area contributed by atoms with Crippen LogP contribution in [0.1, 0.15) is 33.9 Å². The minimum absolute atomic E-state index is 0.0487. The highest BCUT2D eigenvalue weighted by Gasteiger charge is 2.25. The van der Waals surface area contributed by atoms with Crippen molar-refractivity contribution >= 4 is 68.9 Å². The molecule has 1 aliphatic heterocycles. The van der Waals surface area contributed by atoms with Gasteiger partial charge in [-0.05, 0) is 78.4 Å². The van der Waals surface area contributed by atoms with Gasteiger partial charge in [-0.15, -0.1) is 0 Å². The van der Waals surface area contributed by atoms with Crippen molar-refractivity contribution in [2.75, 3.05) is 0 Å². The van der Waals surface area contributed by atoms with E-state index in [0.717, 1.165) is 33.6 Å². The summed E-state index contributed by atoms with van der Waals surface area (Å²) in [6.45, 7) is 0. The van der Waals surface area contributed by atoms with Gasteiger partial charge in [-0.3, -0.25) is 4.79 Å². The highest BCUT2D eigenvalue weighted by molar-refractivity contribution is 6.43. The Balaban J connectivity index is 1.50. The summed E-state index contributed by atoms with van der Waals surface area (Å²) in [5, 5.41) is 22.8. The van der Waals surface area contributed by atoms with Crippen LogP contribution >= 0.6 is 46.4 Å². The zero-order valence-electron chi connectivity index (χ0n) is 24.6. The van der Waals surface area contributed by atoms with Crippen molar-refractivity contribution in [3.63, 3.8) is 0 Å². The maximum Gasteiger partial charge on any atom is 0.181 e. The first-order chi connectivity index (χ1) is 23.1. The van der Waals surface area contributed by atoms with Crippen LogP contribution in [0.2, 0.25) is 10.0 Å². The Morgan fingerprint density at radius 1 is 0.458 bits per heavy atom. The first-order valence-electron chi connectivity index (χ1n) is 14.7. The summed E-state index contributed by atoms with van der Waals surface area (Å²) in [6.07, 6.45) is 2.70. The minimum atomic E-state index is -0.295. The Labute approximate surface area is 292 Å². The lowest BCUT2D eigenvalue weighted by Crippen LogP contribution is -2.18. The molecular weight excluding hydrogens is 690 g/mol. The molecule has 6 aromatic rings. The predicted octanol–water partition coefficient (Wildman–Crippen LogP) is 7.82. The Morgan fingerprint density at radius 2 is 0.917 bits per heavy atom. The van der Waals surface area contributed by atoms with Gasteiger partial charge in [0.25, 0.3) is 0 Å². The summed E-state index contributed by atoms with van der Waals surface area (Å²) in [7, 11) is 0. The van der Waals surface area contributed by atoms with Gasteiger partial charge in [-0.1, -0.05) is 58.5 Å². The van der Waals surface area contributed by atoms with E-state index < -0.39 is 0 Å². The summed E-state index contributed by atoms with van der Waals surface area (Å²) in [6, 6.07) is 25.3. The number of benzene rings is 2. The number of phenolic OH excluding ortho intramolecular Hbond substituents is 2. The molecular formula is C37H22Cl4N4O3. The number of aromatic amines is 4. The average molecular weight is 712 g/mol. The van der Waals surface area contributed by atoms with E-state index in [-0.39, 0.29) is 37.4 Å². The van der Waals surface area contributed by atoms with E-state index in [0.29, 0.717) is 44.7 Å². The maximum atomic E-state index is 12.3. The monoisotopic (exact) mass is 710 g/mol. The summed E-state index contributed by atoms with van der Waals surface area (Å²) >= 11 is 27.0. The first kappa shape index (κ1) is 30.3. The van der Waals surface area contributed by atoms with Crippen LogP contribution < -0.4 is 10.7 Å². The van der Waals surface area contributed by atoms with Gasteiger partial charge in [-0.2, -0.15) is 0 Å². The number of carbonyl (C=O) groups excluding carboxylic acids is 1. The minimum Gasteiger partial charge on any atom is -0.508 e. The number of halogens is 4. The zero-order chi connectivity index (χ0) is 33.3. The fourth-order valence-corrected chi connectivity index (χ4v) is 7.59. The number of fused-ring (bicyclic) bond motifs is 9. The molecule has 8 rings (SSSR count). The van der Waals surface area contributed by atoms with Crippen molar-refractivity contribution in [1.29, 1.82) is 0 Å². The molecule has 0 saturated carbocycles. The van der Waals surface area contributed by atoms with E-state index in [4.69, 9.17) is 46.4 Å². The molecule has 2 aromatic carbocycles. The van der Waals surface area contributed by atoms with Gasteiger partial charge in [0.15, 0.2) is 5.78 Å². The lowest BCUT2D eigenvalue weighted by atomic mass is 9.97. The largest absolute Gasteiger partial charge is 0.508 e. The van der Waals surface area contributed by atoms with Crippen molar-refractivity contribution in [3.8, 4) is 22.9 Å². The van der Waals surface area contributed by atoms with Gasteiger partial charge in [0.05, 0.1) is 31.5 Å². The van der Waals surface area contributed by atoms with Crippen LogP contribution in [0.4, 0.5) is 0 Å². The SMILES string of the molecule is O=C1C=C(Cl)C(=C2c3ccc([nH]3)/C(c3ccc(O)cc3)=c3/cc/c([nH]3)=C(\c3c(Cl)cc(O)cc3Cl)c3ccc([nH]3)-c3ccc2[nH]3)C(Cl)=C1. The van der Waals surface area contributed by atoms with Crippen LogP contribution in [0, 0.1) is 0 Å². The standard InChI is InChI=1S/C37H22Cl4N4O3/c38-21-13-19(47)14-22(39)34(21)36-29-7-5-25(42-29)26-6-8-30(43-26)37(35-23(40)15-20(48)16-24(35)41)32-12-10-28(45-32)33(27-9-11-31(36)44-27)17-1-3-18(46)4-2-17/h1-16,42-47H/b33-27-,36-31+. The van der Waals surface area contributed by atoms with Gasteiger partial charge < -0.3 is 30.1 Å². The smallest absolute Gasteiger partial charge is 0.181 e. The van der Waals surface area contributed by atoms with E-state index in [9.17, 15) is 15.0 Å². The number of aromatic nitrogens is 4. The number of phenols is 2. The molecule has 0 amide bonds. The van der Waals surface area contributed by atoms with Crippen molar-refractivity contribution in [2.24, 2.45) is 0 Å². The molecule has 0 atom stereocenters. The zero-order valence-corrected chi connectivity index (χ0v) is 27.6. The second-order valence-corrected chi connectivity index (χ2v) is 13.0. The van der Waals surface area contributed by atoms with Gasteiger partial charge >= 0.3 is 0 Å². The molecule has 11 heteroatoms. The van der Waals surface area contributed by atoms with Crippen LogP contribution in [0.5, 0.6) is 11.5 Å². The fourth-order valence-electron chi connectivity index (χ4n) is 6.27. The third kappa shape index (κ3) is 5.12. The van der Waals surface area contributed by atoms with Gasteiger partial charge in [0.1, 0.15) is 11.5 Å². The Hall–Kier alpha value is -5.05. The molecule has 0 saturated heterocycles. The van der Waals surface area contributed by atoms with Crippen molar-refractivity contribution < 1.29 is 15.0 Å². The number of hydrogen-bond donors (Lipinski definition) is 6. The van der Waals surface area contributed by atoms with Crippen molar-refractivity contribution in [1.82, 2.24) is 19.9 Å². The quantitative estimate of drug-likeness (QED) is 0.110. The number of carbonyl (C=O) groups is 1. The number of ketones is 1. The van der Waals surface area contributed by atoms with Crippen LogP contribution in [0.15, 0.2) is 113 Å². The molecule has 5 heterocycles. The Bertz CT molecular complexity index is 2490. The van der Waals surface area contributed by atoms with E-state index in [2.05, 4.69) is 19.9 Å². The normalized spacial score (nSPS) is 16.8. The number of aromatic hydroxyl groups is 2. The van der Waals surface area contributed by atoms with Gasteiger partial charge in [0.2, 0.25) is 0 Å². The molecule has 1 aliphatic carbocycles. The molecule has 8 bridgehead atoms. The predicted molar refractivity (Wildman–Crippen MR) is 190 cm³/mol. The summed E-state index contributed by atoms with van der Waals surface area (Å²) in [4.78, 5) is 26.5.